The molecule has 0 saturated heterocycles. The monoisotopic (exact) mass is 635 g/mol. The first-order chi connectivity index (χ1) is 21.4. The summed E-state index contributed by atoms with van der Waals surface area (Å²) < 4.78 is 86.4. The summed E-state index contributed by atoms with van der Waals surface area (Å²) in [6.45, 7) is 0. The molecule has 1 N–H and O–H groups in total. The predicted octanol–water partition coefficient (Wildman–Crippen LogP) is 6.76. The number of rotatable bonds is 7. The molecule has 0 saturated carbocycles. The highest BCUT2D eigenvalue weighted by molar-refractivity contribution is 7.92. The van der Waals surface area contributed by atoms with Crippen LogP contribution < -0.4 is 14.4 Å². The Kier molecular flexibility index (Phi) is 7.28. The lowest BCUT2D eigenvalue weighted by molar-refractivity contribution is 0.0964. The number of ether oxygens (including phenoxy) is 1. The van der Waals surface area contributed by atoms with Gasteiger partial charge >= 0.3 is 0 Å². The van der Waals surface area contributed by atoms with E-state index in [1.165, 1.54) is 51.5 Å². The molecule has 13 heteroatoms. The van der Waals surface area contributed by atoms with Crippen molar-refractivity contribution in [2.24, 2.45) is 0 Å². The van der Waals surface area contributed by atoms with E-state index in [1.54, 1.807) is 24.3 Å². The molecule has 0 spiro atoms. The van der Waals surface area contributed by atoms with Crippen LogP contribution in [0.4, 0.5) is 18.9 Å². The van der Waals surface area contributed by atoms with Crippen molar-refractivity contribution < 1.29 is 40.0 Å². The zero-order valence-corrected chi connectivity index (χ0v) is 25.1. The number of carbonyl (C=O) groups excluding carboxylic acids is 1. The average molecular weight is 636 g/mol. The molecule has 4 aromatic carbocycles. The number of methoxy groups -OCH3 is 1. The lowest BCUT2D eigenvalue weighted by Gasteiger charge is -2.21. The van der Waals surface area contributed by atoms with Gasteiger partial charge in [-0.25, -0.2) is 26.6 Å². The largest absolute Gasteiger partial charge is 0.496 e. The van der Waals surface area contributed by atoms with Crippen molar-refractivity contribution in [2.75, 3.05) is 31.8 Å². The summed E-state index contributed by atoms with van der Waals surface area (Å²) in [5, 5.41) is 2.94. The number of anilines is 1. The van der Waals surface area contributed by atoms with Crippen molar-refractivity contribution in [3.8, 4) is 39.7 Å². The van der Waals surface area contributed by atoms with Crippen LogP contribution in [0.25, 0.3) is 56.0 Å². The topological polar surface area (TPSA) is 115 Å². The molecule has 0 unspecified atom stereocenters. The third kappa shape index (κ3) is 5.14. The van der Waals surface area contributed by atoms with Crippen molar-refractivity contribution in [3.05, 3.63) is 89.7 Å². The normalized spacial score (nSPS) is 11.7. The molecule has 1 amide bonds. The molecule has 0 fully saturated rings. The second-order valence-electron chi connectivity index (χ2n) is 10.1. The minimum absolute atomic E-state index is 0.139. The Balaban J connectivity index is 1.64. The smallest absolute Gasteiger partial charge is 0.255 e. The first-order valence-electron chi connectivity index (χ1n) is 13.4. The van der Waals surface area contributed by atoms with Gasteiger partial charge in [-0.05, 0) is 60.2 Å². The van der Waals surface area contributed by atoms with Crippen LogP contribution in [-0.2, 0) is 10.0 Å². The van der Waals surface area contributed by atoms with Crippen LogP contribution in [0.5, 0.6) is 5.75 Å². The van der Waals surface area contributed by atoms with Gasteiger partial charge < -0.3 is 18.9 Å². The van der Waals surface area contributed by atoms with E-state index in [0.29, 0.717) is 22.1 Å². The van der Waals surface area contributed by atoms with E-state index in [4.69, 9.17) is 13.6 Å². The molecule has 0 aliphatic carbocycles. The molecule has 0 bridgehead atoms. The van der Waals surface area contributed by atoms with Gasteiger partial charge in [0.1, 0.15) is 28.4 Å². The van der Waals surface area contributed by atoms with Crippen LogP contribution in [0.2, 0.25) is 0 Å². The maximum atomic E-state index is 14.5. The number of oxazole rings is 1. The number of hydrogen-bond donors (Lipinski definition) is 1. The molecule has 6 rings (SSSR count). The number of carbonyl (C=O) groups is 1. The van der Waals surface area contributed by atoms with Gasteiger partial charge in [-0.3, -0.25) is 9.10 Å². The van der Waals surface area contributed by atoms with E-state index in [2.05, 4.69) is 10.3 Å². The molecule has 0 aliphatic heterocycles. The van der Waals surface area contributed by atoms with Gasteiger partial charge in [0, 0.05) is 36.7 Å². The summed E-state index contributed by atoms with van der Waals surface area (Å²) in [6.07, 6.45) is 1.03. The number of benzene rings is 4. The Bertz CT molecular complexity index is 2210. The molecule has 2 aromatic heterocycles. The van der Waals surface area contributed by atoms with Crippen molar-refractivity contribution >= 4 is 43.7 Å². The zero-order valence-electron chi connectivity index (χ0n) is 24.2. The highest BCUT2D eigenvalue weighted by Crippen LogP contribution is 2.43. The Labute approximate surface area is 254 Å². The van der Waals surface area contributed by atoms with Gasteiger partial charge in [-0.2, -0.15) is 0 Å². The molecular formula is C32H24F3N3O6S. The standard InChI is InChI=1S/C32H24F3N3O6S/c1-36-31(39)27-20-14-19(24(38(2)45(4,40)41)15-26(20)43-29(27)16-5-8-18(33)9-6-16)17-7-12-25(42-3)21(13-17)32-37-28-22(34)10-11-23(35)30(28)44-32/h5-15H,1-4H3,(H,36,39). The lowest BCUT2D eigenvalue weighted by atomic mass is 9.97. The quantitative estimate of drug-likeness (QED) is 0.206. The molecule has 0 radical (unpaired) electrons. The number of halogens is 3. The third-order valence-electron chi connectivity index (χ3n) is 7.39. The fourth-order valence-corrected chi connectivity index (χ4v) is 5.57. The van der Waals surface area contributed by atoms with Crippen LogP contribution >= 0.6 is 0 Å². The Morgan fingerprint density at radius 2 is 1.60 bits per heavy atom. The number of amides is 1. The van der Waals surface area contributed by atoms with E-state index in [1.807, 2.05) is 0 Å². The van der Waals surface area contributed by atoms with Crippen LogP contribution in [0, 0.1) is 17.5 Å². The first-order valence-corrected chi connectivity index (χ1v) is 15.2. The fraction of sp³-hybridized carbons (Fsp3) is 0.125. The van der Waals surface area contributed by atoms with Crippen LogP contribution in [-0.4, -0.2) is 46.8 Å². The van der Waals surface area contributed by atoms with Crippen LogP contribution in [0.15, 0.2) is 75.6 Å². The van der Waals surface area contributed by atoms with E-state index in [0.717, 1.165) is 22.7 Å². The van der Waals surface area contributed by atoms with Gasteiger partial charge in [0.25, 0.3) is 5.91 Å². The average Bonchev–Trinajstić information content (AvgIpc) is 3.64. The summed E-state index contributed by atoms with van der Waals surface area (Å²) in [5.74, 6) is -2.28. The Morgan fingerprint density at radius 3 is 2.24 bits per heavy atom. The number of sulfonamides is 1. The van der Waals surface area contributed by atoms with Gasteiger partial charge in [0.2, 0.25) is 15.9 Å². The number of hydrogen-bond acceptors (Lipinski definition) is 7. The summed E-state index contributed by atoms with van der Waals surface area (Å²) in [5.41, 5.74) is 1.28. The molecule has 0 aliphatic rings. The fourth-order valence-electron chi connectivity index (χ4n) is 5.06. The summed E-state index contributed by atoms with van der Waals surface area (Å²) in [6, 6.07) is 15.1. The SMILES string of the molecule is CNC(=O)c1c(-c2ccc(F)cc2)oc2cc(N(C)S(C)(=O)=O)c(-c3ccc(OC)c(-c4nc5c(F)ccc(F)c5o4)c3)cc12. The number of nitrogens with zero attached hydrogens (tertiary/aromatic N) is 2. The van der Waals surface area contributed by atoms with Gasteiger partial charge in [-0.15, -0.1) is 0 Å². The molecule has 6 aromatic rings. The van der Waals surface area contributed by atoms with Crippen molar-refractivity contribution in [3.63, 3.8) is 0 Å². The minimum atomic E-state index is -3.81. The molecule has 9 nitrogen and oxygen atoms in total. The Hall–Kier alpha value is -5.30. The van der Waals surface area contributed by atoms with E-state index >= 15 is 0 Å². The molecule has 45 heavy (non-hydrogen) atoms. The van der Waals surface area contributed by atoms with Crippen LogP contribution in [0.3, 0.4) is 0 Å². The molecule has 2 heterocycles. The lowest BCUT2D eigenvalue weighted by Crippen LogP contribution is -2.25. The highest BCUT2D eigenvalue weighted by Gasteiger charge is 2.27. The van der Waals surface area contributed by atoms with E-state index in [9.17, 15) is 26.4 Å². The molecule has 0 atom stereocenters. The number of aromatic nitrogens is 1. The van der Waals surface area contributed by atoms with Gasteiger partial charge in [0.05, 0.1) is 30.2 Å². The highest BCUT2D eigenvalue weighted by atomic mass is 32.2. The van der Waals surface area contributed by atoms with E-state index in [-0.39, 0.29) is 50.9 Å². The maximum Gasteiger partial charge on any atom is 0.255 e. The number of fused-ring (bicyclic) bond motifs is 2. The predicted molar refractivity (Wildman–Crippen MR) is 163 cm³/mol. The maximum absolute atomic E-state index is 14.5. The van der Waals surface area contributed by atoms with Crippen molar-refractivity contribution in [1.29, 1.82) is 0 Å². The first kappa shape index (κ1) is 29.8. The second-order valence-corrected chi connectivity index (χ2v) is 12.1. The second kappa shape index (κ2) is 11.0. The van der Waals surface area contributed by atoms with Gasteiger partial charge in [0.15, 0.2) is 17.2 Å². The summed E-state index contributed by atoms with van der Waals surface area (Å²) in [7, 11) is 0.402. The number of nitrogens with one attached hydrogen (secondary N) is 1. The summed E-state index contributed by atoms with van der Waals surface area (Å²) in [4.78, 5) is 17.4. The van der Waals surface area contributed by atoms with Crippen molar-refractivity contribution in [1.82, 2.24) is 10.3 Å². The zero-order chi connectivity index (χ0) is 32.2. The molecular weight excluding hydrogens is 611 g/mol. The Morgan fingerprint density at radius 1 is 0.911 bits per heavy atom. The minimum Gasteiger partial charge on any atom is -0.496 e. The molecule has 230 valence electrons. The van der Waals surface area contributed by atoms with E-state index < -0.39 is 33.4 Å². The van der Waals surface area contributed by atoms with Gasteiger partial charge in [-0.1, -0.05) is 6.07 Å². The number of furan rings is 1. The summed E-state index contributed by atoms with van der Waals surface area (Å²) >= 11 is 0. The third-order valence-corrected chi connectivity index (χ3v) is 8.58. The van der Waals surface area contributed by atoms with Crippen molar-refractivity contribution in [2.45, 2.75) is 0 Å². The van der Waals surface area contributed by atoms with Crippen LogP contribution in [0.1, 0.15) is 10.4 Å².